The second-order valence-corrected chi connectivity index (χ2v) is 9.61. The third kappa shape index (κ3) is 4.67. The third-order valence-electron chi connectivity index (χ3n) is 5.73. The van der Waals surface area contributed by atoms with Gasteiger partial charge in [0.15, 0.2) is 11.0 Å². The molecule has 3 aromatic rings. The van der Waals surface area contributed by atoms with Crippen molar-refractivity contribution in [3.05, 3.63) is 106 Å². The predicted molar refractivity (Wildman–Crippen MR) is 133 cm³/mol. The van der Waals surface area contributed by atoms with Crippen LogP contribution < -0.4 is 0 Å². The molecule has 0 aromatic heterocycles. The van der Waals surface area contributed by atoms with E-state index in [1.54, 1.807) is 5.01 Å². The van der Waals surface area contributed by atoms with Gasteiger partial charge in [-0.15, -0.1) is 0 Å². The smallest absolute Gasteiger partial charge is 0.262 e. The molecule has 2 atom stereocenters. The maximum atomic E-state index is 13.2. The first-order chi connectivity index (χ1) is 16.5. The van der Waals surface area contributed by atoms with Gasteiger partial charge in [-0.2, -0.15) is 10.1 Å². The first-order valence-electron chi connectivity index (χ1n) is 10.7. The van der Waals surface area contributed by atoms with Crippen LogP contribution in [0.5, 0.6) is 0 Å². The Bertz CT molecular complexity index is 1290. The van der Waals surface area contributed by atoms with E-state index in [4.69, 9.17) is 16.7 Å². The lowest BCUT2D eigenvalue weighted by molar-refractivity contribution is -0.117. The van der Waals surface area contributed by atoms with Crippen molar-refractivity contribution < 1.29 is 14.0 Å². The van der Waals surface area contributed by atoms with Crippen LogP contribution in [0.25, 0.3) is 0 Å². The van der Waals surface area contributed by atoms with E-state index in [9.17, 15) is 14.0 Å². The molecule has 34 heavy (non-hydrogen) atoms. The number of thioether (sulfide) groups is 1. The van der Waals surface area contributed by atoms with Crippen LogP contribution in [-0.2, 0) is 4.79 Å². The minimum atomic E-state index is -0.644. The van der Waals surface area contributed by atoms with Crippen molar-refractivity contribution in [2.24, 2.45) is 10.1 Å². The van der Waals surface area contributed by atoms with Crippen LogP contribution in [-0.4, -0.2) is 32.8 Å². The Kier molecular flexibility index (Phi) is 6.30. The number of rotatable bonds is 5. The van der Waals surface area contributed by atoms with Crippen molar-refractivity contribution in [2.75, 3.05) is 0 Å². The zero-order chi connectivity index (χ0) is 23.7. The molecule has 5 rings (SSSR count). The van der Waals surface area contributed by atoms with Crippen molar-refractivity contribution >= 4 is 45.9 Å². The number of amides is 1. The molecule has 5 nitrogen and oxygen atoms in total. The fourth-order valence-corrected chi connectivity index (χ4v) is 5.15. The summed E-state index contributed by atoms with van der Waals surface area (Å²) in [5.41, 5.74) is 3.26. The molecular formula is C26H19ClFN3O2S. The molecule has 0 saturated heterocycles. The summed E-state index contributed by atoms with van der Waals surface area (Å²) in [4.78, 5) is 29.6. The van der Waals surface area contributed by atoms with Crippen molar-refractivity contribution in [3.63, 3.8) is 0 Å². The van der Waals surface area contributed by atoms with E-state index in [2.05, 4.69) is 4.99 Å². The van der Waals surface area contributed by atoms with Crippen molar-refractivity contribution in [1.82, 2.24) is 5.01 Å². The number of aliphatic imine (C=N–C) groups is 1. The van der Waals surface area contributed by atoms with Gasteiger partial charge in [-0.1, -0.05) is 65.8 Å². The highest BCUT2D eigenvalue weighted by Crippen LogP contribution is 2.39. The molecule has 2 unspecified atom stereocenters. The third-order valence-corrected chi connectivity index (χ3v) is 7.13. The number of hydrogen-bond donors (Lipinski definition) is 0. The van der Waals surface area contributed by atoms with Crippen LogP contribution in [0.4, 0.5) is 4.39 Å². The Labute approximate surface area is 205 Å². The van der Waals surface area contributed by atoms with Gasteiger partial charge in [0.25, 0.3) is 5.91 Å². The topological polar surface area (TPSA) is 62.1 Å². The second-order valence-electron chi connectivity index (χ2n) is 8.00. The number of Topliss-reactive ketones (excluding diaryl/α,β-unsaturated/α-hetero) is 1. The fourth-order valence-electron chi connectivity index (χ4n) is 3.96. The highest BCUT2D eigenvalue weighted by atomic mass is 35.5. The molecule has 2 aliphatic rings. The number of hydrazone groups is 1. The molecule has 0 aliphatic carbocycles. The summed E-state index contributed by atoms with van der Waals surface area (Å²) < 4.78 is 13.2. The first kappa shape index (κ1) is 22.5. The zero-order valence-electron chi connectivity index (χ0n) is 17.9. The number of benzene rings is 3. The van der Waals surface area contributed by atoms with Gasteiger partial charge in [0, 0.05) is 23.4 Å². The van der Waals surface area contributed by atoms with Crippen LogP contribution >= 0.6 is 23.4 Å². The molecule has 0 radical (unpaired) electrons. The molecule has 0 bridgehead atoms. The predicted octanol–water partition coefficient (Wildman–Crippen LogP) is 5.90. The zero-order valence-corrected chi connectivity index (χ0v) is 19.5. The molecule has 0 fully saturated rings. The Morgan fingerprint density at radius 1 is 1.03 bits per heavy atom. The summed E-state index contributed by atoms with van der Waals surface area (Å²) in [7, 11) is 0. The highest BCUT2D eigenvalue weighted by Gasteiger charge is 2.39. The van der Waals surface area contributed by atoms with Crippen LogP contribution in [0.2, 0.25) is 5.02 Å². The van der Waals surface area contributed by atoms with Gasteiger partial charge in [0.1, 0.15) is 11.1 Å². The molecule has 8 heteroatoms. The fraction of sp³-hybridized carbons (Fsp3) is 0.154. The van der Waals surface area contributed by atoms with E-state index < -0.39 is 11.1 Å². The van der Waals surface area contributed by atoms with Gasteiger partial charge in [-0.05, 0) is 47.5 Å². The van der Waals surface area contributed by atoms with Crippen molar-refractivity contribution in [2.45, 2.75) is 24.1 Å². The van der Waals surface area contributed by atoms with E-state index in [0.29, 0.717) is 22.2 Å². The Morgan fingerprint density at radius 2 is 1.74 bits per heavy atom. The lowest BCUT2D eigenvalue weighted by atomic mass is 9.99. The number of carbonyl (C=O) groups is 2. The molecule has 170 valence electrons. The van der Waals surface area contributed by atoms with Gasteiger partial charge in [-0.25, -0.2) is 9.40 Å². The van der Waals surface area contributed by atoms with Crippen LogP contribution in [0.3, 0.4) is 0 Å². The molecule has 2 aliphatic heterocycles. The van der Waals surface area contributed by atoms with Crippen LogP contribution in [0, 0.1) is 5.82 Å². The summed E-state index contributed by atoms with van der Waals surface area (Å²) in [6, 6.07) is 22.6. The monoisotopic (exact) mass is 491 g/mol. The molecule has 3 aromatic carbocycles. The number of carbonyl (C=O) groups excluding carboxylic acids is 2. The number of nitrogens with zero attached hydrogens (tertiary/aromatic N) is 3. The van der Waals surface area contributed by atoms with Gasteiger partial charge in [0.05, 0.1) is 11.8 Å². The Hall–Kier alpha value is -3.29. The standard InChI is InChI=1S/C26H19ClFN3O2S/c27-19-10-6-17(7-11-19)22-14-21(16-4-2-1-3-5-16)30-31(22)26-29-25(33)24(34-26)15-23(32)18-8-12-20(28)13-9-18/h1-13,22,24H,14-15H2. The minimum absolute atomic E-state index is 0.0170. The normalized spacial score (nSPS) is 19.8. The quantitative estimate of drug-likeness (QED) is 0.417. The SMILES string of the molecule is O=C(CC1SC(N2N=C(c3ccccc3)CC2c2ccc(Cl)cc2)=NC1=O)c1ccc(F)cc1. The first-order valence-corrected chi connectivity index (χ1v) is 12.0. The summed E-state index contributed by atoms with van der Waals surface area (Å²) in [6.07, 6.45) is 0.620. The Balaban J connectivity index is 1.39. The molecular weight excluding hydrogens is 473 g/mol. The maximum Gasteiger partial charge on any atom is 0.262 e. The van der Waals surface area contributed by atoms with E-state index in [1.807, 2.05) is 54.6 Å². The number of ketones is 1. The van der Waals surface area contributed by atoms with E-state index in [1.165, 1.54) is 36.0 Å². The van der Waals surface area contributed by atoms with E-state index >= 15 is 0 Å². The average molecular weight is 492 g/mol. The van der Waals surface area contributed by atoms with Crippen LogP contribution in [0.1, 0.15) is 40.4 Å². The summed E-state index contributed by atoms with van der Waals surface area (Å²) in [5.74, 6) is -1.01. The lowest BCUT2D eigenvalue weighted by Gasteiger charge is -2.23. The molecule has 0 N–H and O–H groups in total. The van der Waals surface area contributed by atoms with Crippen LogP contribution in [0.15, 0.2) is 89.0 Å². The second kappa shape index (κ2) is 9.52. The largest absolute Gasteiger partial charge is 0.294 e. The maximum absolute atomic E-state index is 13.2. The summed E-state index contributed by atoms with van der Waals surface area (Å²) in [5, 5.41) is 7.06. The average Bonchev–Trinajstić information content (AvgIpc) is 3.45. The van der Waals surface area contributed by atoms with Gasteiger partial charge < -0.3 is 0 Å². The minimum Gasteiger partial charge on any atom is -0.294 e. The Morgan fingerprint density at radius 3 is 2.44 bits per heavy atom. The lowest BCUT2D eigenvalue weighted by Crippen LogP contribution is -2.24. The summed E-state index contributed by atoms with van der Waals surface area (Å²) >= 11 is 7.32. The molecule has 0 saturated carbocycles. The number of halogens is 2. The van der Waals surface area contributed by atoms with Gasteiger partial charge >= 0.3 is 0 Å². The highest BCUT2D eigenvalue weighted by molar-refractivity contribution is 8.15. The number of hydrogen-bond acceptors (Lipinski definition) is 5. The van der Waals surface area contributed by atoms with Crippen molar-refractivity contribution in [1.29, 1.82) is 0 Å². The van der Waals surface area contributed by atoms with Gasteiger partial charge in [-0.3, -0.25) is 9.59 Å². The number of amidine groups is 1. The molecule has 2 heterocycles. The van der Waals surface area contributed by atoms with E-state index in [0.717, 1.165) is 16.8 Å². The van der Waals surface area contributed by atoms with Gasteiger partial charge in [0.2, 0.25) is 0 Å². The van der Waals surface area contributed by atoms with E-state index in [-0.39, 0.29) is 24.2 Å². The summed E-state index contributed by atoms with van der Waals surface area (Å²) in [6.45, 7) is 0. The van der Waals surface area contributed by atoms with Crippen molar-refractivity contribution in [3.8, 4) is 0 Å². The molecule has 0 spiro atoms. The molecule has 1 amide bonds.